The Morgan fingerprint density at radius 1 is 1.30 bits per heavy atom. The summed E-state index contributed by atoms with van der Waals surface area (Å²) in [5.74, 6) is 2.12. The molecule has 0 amide bonds. The van der Waals surface area contributed by atoms with E-state index >= 15 is 0 Å². The Kier molecular flexibility index (Phi) is 11.6. The zero-order valence-corrected chi connectivity index (χ0v) is 15.6. The summed E-state index contributed by atoms with van der Waals surface area (Å²) in [7, 11) is 5.73. The first kappa shape index (κ1) is 19.9. The van der Waals surface area contributed by atoms with E-state index in [9.17, 15) is 0 Å². The number of rotatable bonds is 12. The van der Waals surface area contributed by atoms with Crippen LogP contribution < -0.4 is 9.88 Å². The summed E-state index contributed by atoms with van der Waals surface area (Å²) in [4.78, 5) is 4.43. The number of aliphatic imine (C=N–C) groups is 1. The molecule has 0 aromatic carbocycles. The SMILES string of the molecule is CC/C(=C\C=N\CCSSCC[n+]1ccc(C=N)cc1)CNC. The van der Waals surface area contributed by atoms with Crippen molar-refractivity contribution in [2.45, 2.75) is 19.9 Å². The van der Waals surface area contributed by atoms with Crippen LogP contribution in [0.25, 0.3) is 0 Å². The van der Waals surface area contributed by atoms with Gasteiger partial charge in [0.1, 0.15) is 0 Å². The first-order valence-corrected chi connectivity index (χ1v) is 10.4. The van der Waals surface area contributed by atoms with Crippen molar-refractivity contribution in [3.05, 3.63) is 41.7 Å². The van der Waals surface area contributed by atoms with Crippen molar-refractivity contribution in [3.8, 4) is 0 Å². The van der Waals surface area contributed by atoms with E-state index in [0.717, 1.165) is 43.1 Å². The fourth-order valence-corrected chi connectivity index (χ4v) is 3.68. The number of nitrogens with one attached hydrogen (secondary N) is 2. The molecule has 1 heterocycles. The predicted octanol–water partition coefficient (Wildman–Crippen LogP) is 2.98. The van der Waals surface area contributed by atoms with Crippen LogP contribution in [0, 0.1) is 5.41 Å². The van der Waals surface area contributed by atoms with Gasteiger partial charge in [0.15, 0.2) is 18.9 Å². The maximum Gasteiger partial charge on any atom is 0.169 e. The number of aryl methyl sites for hydroxylation is 1. The van der Waals surface area contributed by atoms with E-state index < -0.39 is 0 Å². The van der Waals surface area contributed by atoms with Crippen molar-refractivity contribution in [1.29, 1.82) is 5.41 Å². The molecule has 1 aromatic heterocycles. The van der Waals surface area contributed by atoms with Gasteiger partial charge in [0.25, 0.3) is 0 Å². The molecule has 126 valence electrons. The molecule has 2 N–H and O–H groups in total. The van der Waals surface area contributed by atoms with Crippen LogP contribution in [0.2, 0.25) is 0 Å². The van der Waals surface area contributed by atoms with Gasteiger partial charge >= 0.3 is 0 Å². The van der Waals surface area contributed by atoms with Gasteiger partial charge in [-0.25, -0.2) is 4.57 Å². The van der Waals surface area contributed by atoms with Crippen molar-refractivity contribution < 1.29 is 4.57 Å². The highest BCUT2D eigenvalue weighted by atomic mass is 33.1. The van der Waals surface area contributed by atoms with Crippen LogP contribution in [0.1, 0.15) is 18.9 Å². The van der Waals surface area contributed by atoms with Gasteiger partial charge in [-0.15, -0.1) is 0 Å². The molecule has 0 radical (unpaired) electrons. The van der Waals surface area contributed by atoms with E-state index in [-0.39, 0.29) is 0 Å². The Labute approximate surface area is 147 Å². The topological polar surface area (TPSA) is 52.1 Å². The average molecular weight is 352 g/mol. The van der Waals surface area contributed by atoms with Crippen molar-refractivity contribution in [2.75, 3.05) is 31.6 Å². The van der Waals surface area contributed by atoms with Gasteiger partial charge in [-0.1, -0.05) is 34.1 Å². The molecule has 0 saturated heterocycles. The van der Waals surface area contributed by atoms with Crippen molar-refractivity contribution in [2.24, 2.45) is 4.99 Å². The molecule has 0 saturated carbocycles. The number of pyridine rings is 1. The fraction of sp³-hybridized carbons (Fsp3) is 0.471. The largest absolute Gasteiger partial charge is 0.316 e. The van der Waals surface area contributed by atoms with E-state index in [1.807, 2.05) is 59.4 Å². The molecule has 0 aliphatic heterocycles. The molecule has 0 spiro atoms. The molecule has 0 atom stereocenters. The van der Waals surface area contributed by atoms with Crippen LogP contribution in [-0.4, -0.2) is 44.1 Å². The van der Waals surface area contributed by atoms with E-state index in [1.54, 1.807) is 0 Å². The quantitative estimate of drug-likeness (QED) is 0.263. The Morgan fingerprint density at radius 3 is 2.70 bits per heavy atom. The molecule has 1 aromatic rings. The van der Waals surface area contributed by atoms with Gasteiger partial charge < -0.3 is 10.7 Å². The maximum atomic E-state index is 7.17. The minimum Gasteiger partial charge on any atom is -0.316 e. The summed E-state index contributed by atoms with van der Waals surface area (Å²) in [6.45, 7) is 4.96. The maximum absolute atomic E-state index is 7.17. The van der Waals surface area contributed by atoms with Crippen molar-refractivity contribution in [3.63, 3.8) is 0 Å². The summed E-state index contributed by atoms with van der Waals surface area (Å²) >= 11 is 0. The first-order valence-electron chi connectivity index (χ1n) is 7.86. The van der Waals surface area contributed by atoms with Crippen LogP contribution in [0.4, 0.5) is 0 Å². The Morgan fingerprint density at radius 2 is 2.04 bits per heavy atom. The average Bonchev–Trinajstić information content (AvgIpc) is 2.59. The normalized spacial score (nSPS) is 12.0. The van der Waals surface area contributed by atoms with Gasteiger partial charge in [-0.05, 0) is 19.5 Å². The zero-order valence-electron chi connectivity index (χ0n) is 14.0. The Hall–Kier alpha value is -1.11. The number of likely N-dealkylation sites (N-methyl/N-ethyl adjacent to an activating group) is 1. The molecule has 0 fully saturated rings. The van der Waals surface area contributed by atoms with E-state index in [0.29, 0.717) is 0 Å². The highest BCUT2D eigenvalue weighted by Crippen LogP contribution is 2.19. The number of aromatic nitrogens is 1. The van der Waals surface area contributed by atoms with Gasteiger partial charge in [-0.2, -0.15) is 0 Å². The monoisotopic (exact) mass is 351 g/mol. The first-order chi connectivity index (χ1) is 11.3. The molecule has 1 rings (SSSR count). The second kappa shape index (κ2) is 13.3. The van der Waals surface area contributed by atoms with Gasteiger partial charge in [0.05, 0.1) is 5.75 Å². The molecular weight excluding hydrogens is 324 g/mol. The van der Waals surface area contributed by atoms with Crippen LogP contribution in [-0.2, 0) is 6.54 Å². The molecule has 0 bridgehead atoms. The minimum atomic E-state index is 0.867. The fourth-order valence-electron chi connectivity index (χ4n) is 1.83. The van der Waals surface area contributed by atoms with Crippen LogP contribution >= 0.6 is 21.6 Å². The number of allylic oxidation sites excluding steroid dienone is 1. The van der Waals surface area contributed by atoms with Crippen LogP contribution in [0.15, 0.2) is 41.2 Å². The Balaban J connectivity index is 2.07. The Bertz CT molecular complexity index is 498. The smallest absolute Gasteiger partial charge is 0.169 e. The number of hydrogen-bond donors (Lipinski definition) is 2. The second-order valence-electron chi connectivity index (χ2n) is 4.92. The summed E-state index contributed by atoms with van der Waals surface area (Å²) in [5.41, 5.74) is 2.32. The van der Waals surface area contributed by atoms with Crippen molar-refractivity contribution in [1.82, 2.24) is 5.32 Å². The predicted molar refractivity (Wildman–Crippen MR) is 105 cm³/mol. The van der Waals surface area contributed by atoms with Gasteiger partial charge in [0.2, 0.25) is 0 Å². The van der Waals surface area contributed by atoms with Crippen LogP contribution in [0.3, 0.4) is 0 Å². The summed E-state index contributed by atoms with van der Waals surface area (Å²) in [5, 5.41) is 10.3. The number of hydrogen-bond acceptors (Lipinski definition) is 5. The van der Waals surface area contributed by atoms with Crippen LogP contribution in [0.5, 0.6) is 0 Å². The molecule has 0 aliphatic rings. The summed E-state index contributed by atoms with van der Waals surface area (Å²) in [6, 6.07) is 3.93. The lowest BCUT2D eigenvalue weighted by Gasteiger charge is -2.00. The molecule has 23 heavy (non-hydrogen) atoms. The van der Waals surface area contributed by atoms with Gasteiger partial charge in [0, 0.05) is 49.0 Å². The zero-order chi connectivity index (χ0) is 16.8. The van der Waals surface area contributed by atoms with E-state index in [4.69, 9.17) is 5.41 Å². The number of nitrogens with zero attached hydrogens (tertiary/aromatic N) is 2. The van der Waals surface area contributed by atoms with Gasteiger partial charge in [-0.3, -0.25) is 4.99 Å². The lowest BCUT2D eigenvalue weighted by molar-refractivity contribution is -0.692. The van der Waals surface area contributed by atoms with E-state index in [2.05, 4.69) is 27.9 Å². The second-order valence-corrected chi connectivity index (χ2v) is 7.62. The molecule has 0 aliphatic carbocycles. The standard InChI is InChI=1S/C17H27N4S2/c1-3-16(15-19-2)4-7-20-8-12-22-23-13-11-21-9-5-17(14-18)6-10-21/h4-7,9-10,14,18-19H,3,8,11-13,15H2,1-2H3/q+1/b16-4+,18-14?,20-7+. The van der Waals surface area contributed by atoms with E-state index in [1.165, 1.54) is 11.8 Å². The molecule has 0 unspecified atom stereocenters. The summed E-state index contributed by atoms with van der Waals surface area (Å²) in [6.07, 6.45) is 10.5. The molecule has 4 nitrogen and oxygen atoms in total. The molecule has 6 heteroatoms. The highest BCUT2D eigenvalue weighted by molar-refractivity contribution is 8.76. The molecular formula is C17H27N4S2+. The third-order valence-corrected chi connectivity index (χ3v) is 5.54. The lowest BCUT2D eigenvalue weighted by atomic mass is 10.2. The summed E-state index contributed by atoms with van der Waals surface area (Å²) < 4.78 is 2.15. The van der Waals surface area contributed by atoms with Crippen molar-refractivity contribution >= 4 is 34.0 Å². The third kappa shape index (κ3) is 9.58. The minimum absolute atomic E-state index is 0.867. The highest BCUT2D eigenvalue weighted by Gasteiger charge is 2.00. The lowest BCUT2D eigenvalue weighted by Crippen LogP contribution is -2.33. The third-order valence-electron chi connectivity index (χ3n) is 3.18.